The van der Waals surface area contributed by atoms with E-state index in [4.69, 9.17) is 21.4 Å². The maximum atomic E-state index is 5.68. The van der Waals surface area contributed by atoms with Crippen LogP contribution in [-0.2, 0) is 0 Å². The minimum absolute atomic E-state index is 0.0634. The molecule has 0 spiro atoms. The van der Waals surface area contributed by atoms with E-state index < -0.39 is 0 Å². The van der Waals surface area contributed by atoms with Crippen molar-refractivity contribution in [3.05, 3.63) is 48.4 Å². The molecule has 1 atom stereocenters. The summed E-state index contributed by atoms with van der Waals surface area (Å²) in [7, 11) is 1.66. The number of hydrogen-bond donors (Lipinski definition) is 1. The number of hydrogen-bond acceptors (Lipinski definition) is 3. The molecule has 2 rings (SSSR count). The van der Waals surface area contributed by atoms with Gasteiger partial charge in [-0.2, -0.15) is 0 Å². The summed E-state index contributed by atoms with van der Waals surface area (Å²) in [5.74, 6) is 2.28. The highest BCUT2D eigenvalue weighted by Gasteiger charge is 2.21. The van der Waals surface area contributed by atoms with E-state index in [1.807, 2.05) is 36.4 Å². The Morgan fingerprint density at radius 1 is 1.21 bits per heavy atom. The van der Waals surface area contributed by atoms with Crippen LogP contribution in [0.2, 0.25) is 0 Å². The first kappa shape index (κ1) is 18.3. The molecule has 24 heavy (non-hydrogen) atoms. The van der Waals surface area contributed by atoms with Crippen LogP contribution in [0.5, 0.6) is 5.75 Å². The summed E-state index contributed by atoms with van der Waals surface area (Å²) in [5.41, 5.74) is 0.867. The minimum Gasteiger partial charge on any atom is -0.495 e. The molecule has 0 aliphatic heterocycles. The zero-order valence-corrected chi connectivity index (χ0v) is 15.6. The van der Waals surface area contributed by atoms with Gasteiger partial charge in [-0.1, -0.05) is 26.0 Å². The van der Waals surface area contributed by atoms with Crippen molar-refractivity contribution in [1.82, 2.24) is 4.90 Å². The Morgan fingerprint density at radius 2 is 1.96 bits per heavy atom. The highest BCUT2D eigenvalue weighted by Crippen LogP contribution is 2.26. The SMILES string of the molecule is COc1ccccc1NC(=S)N(CCC(C)C)C(C)c1ccco1. The van der Waals surface area contributed by atoms with Gasteiger partial charge in [-0.15, -0.1) is 0 Å². The number of thiocarbonyl (C=S) groups is 1. The fourth-order valence-corrected chi connectivity index (χ4v) is 2.85. The number of rotatable bonds is 7. The fraction of sp³-hybridized carbons (Fsp3) is 0.421. The van der Waals surface area contributed by atoms with Crippen molar-refractivity contribution in [1.29, 1.82) is 0 Å². The van der Waals surface area contributed by atoms with Gasteiger partial charge in [0.05, 0.1) is 25.1 Å². The molecule has 0 saturated heterocycles. The number of ether oxygens (including phenoxy) is 1. The lowest BCUT2D eigenvalue weighted by molar-refractivity contribution is 0.281. The van der Waals surface area contributed by atoms with E-state index in [9.17, 15) is 0 Å². The number of methoxy groups -OCH3 is 1. The number of benzene rings is 1. The molecule has 1 aromatic heterocycles. The van der Waals surface area contributed by atoms with E-state index >= 15 is 0 Å². The molecule has 1 unspecified atom stereocenters. The van der Waals surface area contributed by atoms with Crippen molar-refractivity contribution in [2.45, 2.75) is 33.2 Å². The van der Waals surface area contributed by atoms with E-state index in [0.717, 1.165) is 30.2 Å². The van der Waals surface area contributed by atoms with Gasteiger partial charge in [0.25, 0.3) is 0 Å². The van der Waals surface area contributed by atoms with Crippen LogP contribution in [0.15, 0.2) is 47.1 Å². The van der Waals surface area contributed by atoms with Gasteiger partial charge in [0.15, 0.2) is 5.11 Å². The molecule has 0 amide bonds. The Labute approximate surface area is 149 Å². The van der Waals surface area contributed by atoms with Gasteiger partial charge in [-0.3, -0.25) is 0 Å². The first-order valence-corrected chi connectivity index (χ1v) is 8.67. The molecular weight excluding hydrogens is 320 g/mol. The lowest BCUT2D eigenvalue weighted by Gasteiger charge is -2.31. The summed E-state index contributed by atoms with van der Waals surface area (Å²) >= 11 is 5.68. The molecular formula is C19H26N2O2S. The second-order valence-electron chi connectivity index (χ2n) is 6.20. The molecule has 0 aliphatic carbocycles. The van der Waals surface area contributed by atoms with Crippen LogP contribution in [-0.4, -0.2) is 23.7 Å². The number of nitrogens with one attached hydrogen (secondary N) is 1. The van der Waals surface area contributed by atoms with Crippen molar-refractivity contribution in [2.24, 2.45) is 5.92 Å². The lowest BCUT2D eigenvalue weighted by atomic mass is 10.1. The van der Waals surface area contributed by atoms with E-state index in [2.05, 4.69) is 31.0 Å². The molecule has 5 heteroatoms. The summed E-state index contributed by atoms with van der Waals surface area (Å²) in [5, 5.41) is 3.99. The number of para-hydroxylation sites is 2. The highest BCUT2D eigenvalue weighted by molar-refractivity contribution is 7.80. The average molecular weight is 346 g/mol. The van der Waals surface area contributed by atoms with Crippen molar-refractivity contribution < 1.29 is 9.15 Å². The van der Waals surface area contributed by atoms with Crippen LogP contribution in [0.4, 0.5) is 5.69 Å². The van der Waals surface area contributed by atoms with Crippen LogP contribution in [0.3, 0.4) is 0 Å². The quantitative estimate of drug-likeness (QED) is 0.707. The Kier molecular flexibility index (Phi) is 6.67. The van der Waals surface area contributed by atoms with E-state index in [0.29, 0.717) is 11.0 Å². The minimum atomic E-state index is 0.0634. The van der Waals surface area contributed by atoms with Gasteiger partial charge in [-0.25, -0.2) is 0 Å². The van der Waals surface area contributed by atoms with Crippen LogP contribution >= 0.6 is 12.2 Å². The first-order valence-electron chi connectivity index (χ1n) is 8.27. The van der Waals surface area contributed by atoms with Gasteiger partial charge in [-0.05, 0) is 55.7 Å². The van der Waals surface area contributed by atoms with Gasteiger partial charge in [0.1, 0.15) is 11.5 Å². The van der Waals surface area contributed by atoms with Crippen molar-refractivity contribution in [3.63, 3.8) is 0 Å². The molecule has 0 radical (unpaired) electrons. The molecule has 0 saturated carbocycles. The lowest BCUT2D eigenvalue weighted by Crippen LogP contribution is -2.38. The predicted octanol–water partition coefficient (Wildman–Crippen LogP) is 5.09. The largest absolute Gasteiger partial charge is 0.495 e. The fourth-order valence-electron chi connectivity index (χ4n) is 2.49. The molecule has 0 fully saturated rings. The Bertz CT molecular complexity index is 641. The Hall–Kier alpha value is -2.01. The maximum absolute atomic E-state index is 5.68. The van der Waals surface area contributed by atoms with Gasteiger partial charge in [0.2, 0.25) is 0 Å². The molecule has 1 aromatic carbocycles. The molecule has 130 valence electrons. The summed E-state index contributed by atoms with van der Waals surface area (Å²) < 4.78 is 11.0. The third-order valence-corrected chi connectivity index (χ3v) is 4.32. The third kappa shape index (κ3) is 4.74. The van der Waals surface area contributed by atoms with Crippen LogP contribution in [0.1, 0.15) is 39.0 Å². The van der Waals surface area contributed by atoms with Crippen molar-refractivity contribution in [3.8, 4) is 5.75 Å². The van der Waals surface area contributed by atoms with Crippen LogP contribution in [0, 0.1) is 5.92 Å². The van der Waals surface area contributed by atoms with Crippen molar-refractivity contribution >= 4 is 23.0 Å². The van der Waals surface area contributed by atoms with E-state index in [-0.39, 0.29) is 6.04 Å². The smallest absolute Gasteiger partial charge is 0.174 e. The standard InChI is InChI=1S/C19H26N2O2S/c1-14(2)11-12-21(15(3)17-10-7-13-23-17)19(24)20-16-8-5-6-9-18(16)22-4/h5-10,13-15H,11-12H2,1-4H3,(H,20,24). The van der Waals surface area contributed by atoms with Crippen LogP contribution in [0.25, 0.3) is 0 Å². The first-order chi connectivity index (χ1) is 11.5. The number of anilines is 1. The summed E-state index contributed by atoms with van der Waals surface area (Å²) in [6.07, 6.45) is 2.75. The number of nitrogens with zero attached hydrogens (tertiary/aromatic N) is 1. The topological polar surface area (TPSA) is 37.6 Å². The molecule has 0 bridgehead atoms. The Morgan fingerprint density at radius 3 is 2.58 bits per heavy atom. The normalized spacial score (nSPS) is 12.0. The molecule has 1 N–H and O–H groups in total. The van der Waals surface area contributed by atoms with Crippen molar-refractivity contribution in [2.75, 3.05) is 19.0 Å². The molecule has 1 heterocycles. The molecule has 2 aromatic rings. The van der Waals surface area contributed by atoms with Gasteiger partial charge < -0.3 is 19.4 Å². The van der Waals surface area contributed by atoms with Gasteiger partial charge in [0, 0.05) is 6.54 Å². The summed E-state index contributed by atoms with van der Waals surface area (Å²) in [6, 6.07) is 11.7. The predicted molar refractivity (Wildman–Crippen MR) is 102 cm³/mol. The molecule has 0 aliphatic rings. The van der Waals surface area contributed by atoms with E-state index in [1.165, 1.54) is 0 Å². The molecule has 4 nitrogen and oxygen atoms in total. The summed E-state index contributed by atoms with van der Waals surface area (Å²) in [4.78, 5) is 2.17. The van der Waals surface area contributed by atoms with E-state index in [1.54, 1.807) is 13.4 Å². The van der Waals surface area contributed by atoms with Crippen LogP contribution < -0.4 is 10.1 Å². The summed E-state index contributed by atoms with van der Waals surface area (Å²) in [6.45, 7) is 7.40. The zero-order chi connectivity index (χ0) is 17.5. The Balaban J connectivity index is 2.17. The second-order valence-corrected chi connectivity index (χ2v) is 6.58. The van der Waals surface area contributed by atoms with Gasteiger partial charge >= 0.3 is 0 Å². The second kappa shape index (κ2) is 8.73. The highest BCUT2D eigenvalue weighted by atomic mass is 32.1. The zero-order valence-electron chi connectivity index (χ0n) is 14.8. The maximum Gasteiger partial charge on any atom is 0.174 e. The monoisotopic (exact) mass is 346 g/mol. The number of furan rings is 1. The average Bonchev–Trinajstić information content (AvgIpc) is 3.09. The third-order valence-electron chi connectivity index (χ3n) is 3.98.